The summed E-state index contributed by atoms with van der Waals surface area (Å²) in [5.41, 5.74) is 5.69. The van der Waals surface area contributed by atoms with Gasteiger partial charge in [-0.05, 0) is 94.6 Å². The average Bonchev–Trinajstić information content (AvgIpc) is 3.15. The number of hydrogen-bond acceptors (Lipinski definition) is 4. The van der Waals surface area contributed by atoms with Crippen LogP contribution in [-0.2, 0) is 12.8 Å². The number of rotatable bonds is 6. The van der Waals surface area contributed by atoms with E-state index < -0.39 is 0 Å². The van der Waals surface area contributed by atoms with Crippen LogP contribution in [0.2, 0.25) is 0 Å². The van der Waals surface area contributed by atoms with Gasteiger partial charge in [0.25, 0.3) is 5.91 Å². The van der Waals surface area contributed by atoms with Crippen molar-refractivity contribution < 1.29 is 4.79 Å². The normalized spacial score (nSPS) is 13.2. The highest BCUT2D eigenvalue weighted by atomic mass is 35.5. The number of carbonyl (C=O) groups excluding carboxylic acids is 1. The van der Waals surface area contributed by atoms with Crippen LogP contribution in [0.1, 0.15) is 46.3 Å². The van der Waals surface area contributed by atoms with Crippen LogP contribution in [0.3, 0.4) is 0 Å². The quantitative estimate of drug-likeness (QED) is 0.504. The largest absolute Gasteiger partial charge is 0.309 e. The molecule has 4 rings (SSSR count). The number of hydrogen-bond donors (Lipinski definition) is 0. The summed E-state index contributed by atoms with van der Waals surface area (Å²) in [7, 11) is 4.13. The second-order valence-corrected chi connectivity index (χ2v) is 9.23. The Bertz CT molecular complexity index is 1030. The molecule has 1 aliphatic carbocycles. The van der Waals surface area contributed by atoms with Crippen LogP contribution >= 0.6 is 23.7 Å². The predicted octanol–water partition coefficient (Wildman–Crippen LogP) is 5.50. The van der Waals surface area contributed by atoms with Crippen molar-refractivity contribution in [3.05, 3.63) is 58.7 Å². The molecule has 0 unspecified atom stereocenters. The van der Waals surface area contributed by atoms with Crippen LogP contribution < -0.4 is 4.90 Å². The third kappa shape index (κ3) is 4.85. The van der Waals surface area contributed by atoms with E-state index in [1.54, 1.807) is 11.3 Å². The van der Waals surface area contributed by atoms with Gasteiger partial charge in [0.1, 0.15) is 0 Å². The molecule has 0 radical (unpaired) electrons. The molecule has 0 atom stereocenters. The van der Waals surface area contributed by atoms with E-state index in [1.807, 2.05) is 11.0 Å². The highest BCUT2D eigenvalue weighted by Gasteiger charge is 2.23. The zero-order valence-corrected chi connectivity index (χ0v) is 19.6. The monoisotopic (exact) mass is 443 g/mol. The molecule has 160 valence electrons. The summed E-state index contributed by atoms with van der Waals surface area (Å²) in [6.45, 7) is 3.69. The molecule has 0 saturated heterocycles. The number of aromatic nitrogens is 1. The number of anilines is 1. The number of benzene rings is 2. The summed E-state index contributed by atoms with van der Waals surface area (Å²) in [5, 5.41) is 0.802. The standard InChI is InChI=1S/C24H29N3OS.ClH/c1-17-8-6-11-21-22(17)25-24(29-21)27(15-7-14-26(2)3)23(28)20-13-12-18-9-4-5-10-19(18)16-20;/h6,8,11-13,16H,4-5,7,9-10,14-15H2,1-3H3;1H. The fourth-order valence-electron chi connectivity index (χ4n) is 4.04. The molecule has 2 aromatic carbocycles. The number of halogens is 1. The molecule has 0 fully saturated rings. The minimum atomic E-state index is 0. The van der Waals surface area contributed by atoms with E-state index >= 15 is 0 Å². The summed E-state index contributed by atoms with van der Waals surface area (Å²) >= 11 is 1.61. The lowest BCUT2D eigenvalue weighted by Gasteiger charge is -2.22. The number of amides is 1. The summed E-state index contributed by atoms with van der Waals surface area (Å²) < 4.78 is 1.14. The molecule has 4 nitrogen and oxygen atoms in total. The molecule has 0 spiro atoms. The summed E-state index contributed by atoms with van der Waals surface area (Å²) in [6, 6.07) is 12.5. The topological polar surface area (TPSA) is 36.4 Å². The first-order valence-electron chi connectivity index (χ1n) is 10.5. The van der Waals surface area contributed by atoms with Crippen LogP contribution in [0.25, 0.3) is 10.2 Å². The fourth-order valence-corrected chi connectivity index (χ4v) is 5.11. The number of fused-ring (bicyclic) bond motifs is 2. The molecule has 30 heavy (non-hydrogen) atoms. The van der Waals surface area contributed by atoms with Crippen molar-refractivity contribution in [2.75, 3.05) is 32.1 Å². The maximum Gasteiger partial charge on any atom is 0.260 e. The van der Waals surface area contributed by atoms with Gasteiger partial charge >= 0.3 is 0 Å². The van der Waals surface area contributed by atoms with Crippen LogP contribution in [0.4, 0.5) is 5.13 Å². The molecule has 1 amide bonds. The molecule has 0 aliphatic heterocycles. The van der Waals surface area contributed by atoms with Gasteiger partial charge in [0.2, 0.25) is 0 Å². The number of nitrogens with zero attached hydrogens (tertiary/aromatic N) is 3. The van der Waals surface area contributed by atoms with Crippen molar-refractivity contribution in [3.8, 4) is 0 Å². The number of aryl methyl sites for hydroxylation is 3. The Morgan fingerprint density at radius 2 is 1.83 bits per heavy atom. The zero-order valence-electron chi connectivity index (χ0n) is 18.0. The first-order valence-corrected chi connectivity index (χ1v) is 11.3. The van der Waals surface area contributed by atoms with Crippen molar-refractivity contribution in [3.63, 3.8) is 0 Å². The van der Waals surface area contributed by atoms with Crippen molar-refractivity contribution in [2.45, 2.75) is 39.0 Å². The Kier molecular flexibility index (Phi) is 7.50. The Balaban J connectivity index is 0.00000256. The van der Waals surface area contributed by atoms with Crippen LogP contribution in [0.15, 0.2) is 36.4 Å². The zero-order chi connectivity index (χ0) is 20.4. The summed E-state index contributed by atoms with van der Waals surface area (Å²) in [4.78, 5) is 22.4. The van der Waals surface area contributed by atoms with E-state index in [0.717, 1.165) is 52.3 Å². The van der Waals surface area contributed by atoms with Crippen molar-refractivity contribution >= 4 is 45.0 Å². The van der Waals surface area contributed by atoms with Gasteiger partial charge in [-0.15, -0.1) is 12.4 Å². The molecule has 0 saturated carbocycles. The molecular weight excluding hydrogens is 414 g/mol. The molecule has 6 heteroatoms. The Morgan fingerprint density at radius 1 is 1.07 bits per heavy atom. The van der Waals surface area contributed by atoms with E-state index in [4.69, 9.17) is 4.98 Å². The Morgan fingerprint density at radius 3 is 2.57 bits per heavy atom. The highest BCUT2D eigenvalue weighted by Crippen LogP contribution is 2.32. The number of carbonyl (C=O) groups is 1. The third-order valence-corrected chi connectivity index (χ3v) is 6.71. The van der Waals surface area contributed by atoms with Gasteiger partial charge in [0.15, 0.2) is 5.13 Å². The van der Waals surface area contributed by atoms with Crippen LogP contribution in [-0.4, -0.2) is 43.0 Å². The third-order valence-electron chi connectivity index (χ3n) is 5.67. The molecular formula is C24H30ClN3OS. The van der Waals surface area contributed by atoms with E-state index in [1.165, 1.54) is 24.0 Å². The maximum atomic E-state index is 13.5. The van der Waals surface area contributed by atoms with E-state index in [0.29, 0.717) is 6.54 Å². The van der Waals surface area contributed by atoms with Gasteiger partial charge in [0, 0.05) is 12.1 Å². The Hall–Kier alpha value is -1.95. The average molecular weight is 444 g/mol. The summed E-state index contributed by atoms with van der Waals surface area (Å²) in [5.74, 6) is 0.0637. The highest BCUT2D eigenvalue weighted by molar-refractivity contribution is 7.22. The van der Waals surface area contributed by atoms with Crippen molar-refractivity contribution in [2.24, 2.45) is 0 Å². The number of para-hydroxylation sites is 1. The molecule has 0 N–H and O–H groups in total. The predicted molar refractivity (Wildman–Crippen MR) is 130 cm³/mol. The fraction of sp³-hybridized carbons (Fsp3) is 0.417. The molecule has 1 heterocycles. The number of thiazole rings is 1. The maximum absolute atomic E-state index is 13.5. The molecule has 0 bridgehead atoms. The minimum absolute atomic E-state index is 0. The lowest BCUT2D eigenvalue weighted by molar-refractivity contribution is 0.0986. The smallest absolute Gasteiger partial charge is 0.260 e. The van der Waals surface area contributed by atoms with Crippen LogP contribution in [0.5, 0.6) is 0 Å². The van der Waals surface area contributed by atoms with Crippen LogP contribution in [0, 0.1) is 6.92 Å². The molecule has 1 aliphatic rings. The van der Waals surface area contributed by atoms with Gasteiger partial charge in [-0.1, -0.05) is 29.5 Å². The van der Waals surface area contributed by atoms with Gasteiger partial charge in [0.05, 0.1) is 10.2 Å². The molecule has 1 aromatic heterocycles. The van der Waals surface area contributed by atoms with Gasteiger partial charge in [-0.3, -0.25) is 9.69 Å². The Labute approximate surface area is 189 Å². The minimum Gasteiger partial charge on any atom is -0.309 e. The molecule has 3 aromatic rings. The van der Waals surface area contributed by atoms with Crippen molar-refractivity contribution in [1.29, 1.82) is 0 Å². The lowest BCUT2D eigenvalue weighted by atomic mass is 9.90. The van der Waals surface area contributed by atoms with E-state index in [2.05, 4.69) is 56.3 Å². The van der Waals surface area contributed by atoms with Crippen molar-refractivity contribution in [1.82, 2.24) is 9.88 Å². The van der Waals surface area contributed by atoms with E-state index in [9.17, 15) is 4.79 Å². The second kappa shape index (κ2) is 9.90. The lowest BCUT2D eigenvalue weighted by Crippen LogP contribution is -2.33. The first kappa shape index (κ1) is 22.7. The first-order chi connectivity index (χ1) is 14.0. The van der Waals surface area contributed by atoms with Gasteiger partial charge in [-0.25, -0.2) is 4.98 Å². The second-order valence-electron chi connectivity index (χ2n) is 8.22. The SMILES string of the molecule is Cc1cccc2sc(N(CCCN(C)C)C(=O)c3ccc4c(c3)CCCC4)nc12.Cl. The van der Waals surface area contributed by atoms with E-state index in [-0.39, 0.29) is 18.3 Å². The van der Waals surface area contributed by atoms with Gasteiger partial charge in [-0.2, -0.15) is 0 Å². The van der Waals surface area contributed by atoms with Gasteiger partial charge < -0.3 is 4.90 Å². The summed E-state index contributed by atoms with van der Waals surface area (Å²) in [6.07, 6.45) is 5.60.